The third-order valence-corrected chi connectivity index (χ3v) is 4.87. The molecule has 6 heteroatoms. The number of rotatable bonds is 4. The van der Waals surface area contributed by atoms with E-state index in [4.69, 9.17) is 9.47 Å². The van der Waals surface area contributed by atoms with Crippen LogP contribution in [0.25, 0.3) is 0 Å². The molecule has 1 spiro atoms. The van der Waals surface area contributed by atoms with Crippen LogP contribution in [-0.4, -0.2) is 57.7 Å². The second kappa shape index (κ2) is 7.01. The fourth-order valence-corrected chi connectivity index (χ4v) is 3.73. The standard InChI is InChI=1S/C18H24N4O2/c1-6-20-22(9-1)13-17-2-5-18(24-17)14-21(10-11-23-15-18)12-16-3-7-19-8-4-16/h1,3-4,6-9,17H,2,5,10-15H2/t17-,18-/m1/s1. The Morgan fingerprint density at radius 1 is 1.25 bits per heavy atom. The molecule has 2 aliphatic heterocycles. The lowest BCUT2D eigenvalue weighted by atomic mass is 10.00. The second-order valence-corrected chi connectivity index (χ2v) is 6.81. The lowest BCUT2D eigenvalue weighted by molar-refractivity contribution is -0.0904. The van der Waals surface area contributed by atoms with Crippen LogP contribution in [0.15, 0.2) is 43.0 Å². The first kappa shape index (κ1) is 15.7. The molecule has 6 nitrogen and oxygen atoms in total. The third kappa shape index (κ3) is 3.66. The molecule has 2 aliphatic rings. The van der Waals surface area contributed by atoms with Gasteiger partial charge in [-0.05, 0) is 36.6 Å². The molecular weight excluding hydrogens is 304 g/mol. The molecule has 0 N–H and O–H groups in total. The van der Waals surface area contributed by atoms with Crippen molar-refractivity contribution in [1.29, 1.82) is 0 Å². The Balaban J connectivity index is 1.40. The van der Waals surface area contributed by atoms with E-state index in [0.717, 1.165) is 45.6 Å². The predicted molar refractivity (Wildman–Crippen MR) is 89.4 cm³/mol. The van der Waals surface area contributed by atoms with Crippen LogP contribution in [0.1, 0.15) is 18.4 Å². The van der Waals surface area contributed by atoms with E-state index >= 15 is 0 Å². The van der Waals surface area contributed by atoms with Crippen molar-refractivity contribution in [1.82, 2.24) is 19.7 Å². The summed E-state index contributed by atoms with van der Waals surface area (Å²) in [7, 11) is 0. The Kier molecular flexibility index (Phi) is 4.60. The van der Waals surface area contributed by atoms with Gasteiger partial charge in [0.2, 0.25) is 0 Å². The maximum Gasteiger partial charge on any atom is 0.105 e. The fraction of sp³-hybridized carbons (Fsp3) is 0.556. The number of aromatic nitrogens is 3. The van der Waals surface area contributed by atoms with Gasteiger partial charge in [-0.1, -0.05) is 0 Å². The summed E-state index contributed by atoms with van der Waals surface area (Å²) >= 11 is 0. The summed E-state index contributed by atoms with van der Waals surface area (Å²) < 4.78 is 14.3. The predicted octanol–water partition coefficient (Wildman–Crippen LogP) is 1.73. The maximum absolute atomic E-state index is 6.47. The number of nitrogens with zero attached hydrogens (tertiary/aromatic N) is 4. The molecule has 2 aromatic rings. The van der Waals surface area contributed by atoms with Crippen molar-refractivity contribution in [2.75, 3.05) is 26.3 Å². The van der Waals surface area contributed by atoms with Gasteiger partial charge in [0.05, 0.1) is 25.9 Å². The first-order valence-corrected chi connectivity index (χ1v) is 8.66. The van der Waals surface area contributed by atoms with Crippen LogP contribution in [0.3, 0.4) is 0 Å². The lowest BCUT2D eigenvalue weighted by Gasteiger charge is -2.32. The monoisotopic (exact) mass is 328 g/mol. The van der Waals surface area contributed by atoms with Crippen molar-refractivity contribution in [2.24, 2.45) is 0 Å². The van der Waals surface area contributed by atoms with Gasteiger partial charge in [-0.25, -0.2) is 0 Å². The van der Waals surface area contributed by atoms with E-state index in [1.165, 1.54) is 5.56 Å². The molecule has 128 valence electrons. The zero-order valence-electron chi connectivity index (χ0n) is 13.9. The average Bonchev–Trinajstić information content (AvgIpc) is 3.19. The molecule has 0 bridgehead atoms. The average molecular weight is 328 g/mol. The van der Waals surface area contributed by atoms with Gasteiger partial charge in [-0.3, -0.25) is 14.6 Å². The van der Waals surface area contributed by atoms with Gasteiger partial charge in [0.25, 0.3) is 0 Å². The molecular formula is C18H24N4O2. The lowest BCUT2D eigenvalue weighted by Crippen LogP contribution is -2.44. The summed E-state index contributed by atoms with van der Waals surface area (Å²) in [6.07, 6.45) is 9.84. The Morgan fingerprint density at radius 2 is 2.17 bits per heavy atom. The molecule has 0 aromatic carbocycles. The van der Waals surface area contributed by atoms with Crippen molar-refractivity contribution in [3.05, 3.63) is 48.5 Å². The van der Waals surface area contributed by atoms with Crippen LogP contribution in [0.2, 0.25) is 0 Å². The summed E-state index contributed by atoms with van der Waals surface area (Å²) in [6.45, 7) is 5.05. The van der Waals surface area contributed by atoms with E-state index in [2.05, 4.69) is 27.1 Å². The molecule has 2 atom stereocenters. The van der Waals surface area contributed by atoms with Crippen LogP contribution >= 0.6 is 0 Å². The van der Waals surface area contributed by atoms with E-state index in [1.54, 1.807) is 0 Å². The molecule has 4 rings (SSSR count). The zero-order chi connectivity index (χ0) is 16.2. The highest BCUT2D eigenvalue weighted by atomic mass is 16.6. The first-order valence-electron chi connectivity index (χ1n) is 8.66. The molecule has 0 saturated carbocycles. The van der Waals surface area contributed by atoms with Crippen molar-refractivity contribution >= 4 is 0 Å². The number of hydrogen-bond acceptors (Lipinski definition) is 5. The van der Waals surface area contributed by atoms with Crippen LogP contribution in [-0.2, 0) is 22.6 Å². The summed E-state index contributed by atoms with van der Waals surface area (Å²) in [5, 5.41) is 4.29. The third-order valence-electron chi connectivity index (χ3n) is 4.87. The minimum atomic E-state index is -0.179. The molecule has 24 heavy (non-hydrogen) atoms. The van der Waals surface area contributed by atoms with Gasteiger partial charge >= 0.3 is 0 Å². The van der Waals surface area contributed by atoms with Crippen molar-refractivity contribution in [2.45, 2.75) is 37.6 Å². The number of ether oxygens (including phenoxy) is 2. The van der Waals surface area contributed by atoms with Crippen LogP contribution in [0.5, 0.6) is 0 Å². The molecule has 0 aliphatic carbocycles. The van der Waals surface area contributed by atoms with Crippen LogP contribution in [0, 0.1) is 0 Å². The minimum Gasteiger partial charge on any atom is -0.377 e. The SMILES string of the molecule is c1cnn(C[C@H]2CC[C@@]3(COCCN(Cc4ccncc4)C3)O2)c1. The Bertz CT molecular complexity index is 634. The Morgan fingerprint density at radius 3 is 3.00 bits per heavy atom. The van der Waals surface area contributed by atoms with Gasteiger partial charge in [-0.2, -0.15) is 5.10 Å². The second-order valence-electron chi connectivity index (χ2n) is 6.81. The Hall–Kier alpha value is -1.76. The molecule has 2 saturated heterocycles. The molecule has 0 radical (unpaired) electrons. The highest BCUT2D eigenvalue weighted by Crippen LogP contribution is 2.34. The van der Waals surface area contributed by atoms with Gasteiger partial charge in [0.1, 0.15) is 5.60 Å². The zero-order valence-corrected chi connectivity index (χ0v) is 13.9. The molecule has 2 fully saturated rings. The summed E-state index contributed by atoms with van der Waals surface area (Å²) in [6, 6.07) is 6.11. The van der Waals surface area contributed by atoms with Crippen molar-refractivity contribution < 1.29 is 9.47 Å². The van der Waals surface area contributed by atoms with Crippen molar-refractivity contribution in [3.8, 4) is 0 Å². The minimum absolute atomic E-state index is 0.179. The molecule has 4 heterocycles. The molecule has 2 aromatic heterocycles. The largest absolute Gasteiger partial charge is 0.377 e. The summed E-state index contributed by atoms with van der Waals surface area (Å²) in [5.41, 5.74) is 1.11. The number of pyridine rings is 1. The van der Waals surface area contributed by atoms with E-state index in [9.17, 15) is 0 Å². The van der Waals surface area contributed by atoms with E-state index in [0.29, 0.717) is 6.61 Å². The van der Waals surface area contributed by atoms with Crippen LogP contribution in [0.4, 0.5) is 0 Å². The van der Waals surface area contributed by atoms with E-state index in [1.807, 2.05) is 35.5 Å². The first-order chi connectivity index (χ1) is 11.8. The number of hydrogen-bond donors (Lipinski definition) is 0. The van der Waals surface area contributed by atoms with Gasteiger partial charge in [0.15, 0.2) is 0 Å². The van der Waals surface area contributed by atoms with Gasteiger partial charge < -0.3 is 9.47 Å². The van der Waals surface area contributed by atoms with Crippen molar-refractivity contribution in [3.63, 3.8) is 0 Å². The topological polar surface area (TPSA) is 52.4 Å². The fourth-order valence-electron chi connectivity index (χ4n) is 3.73. The van der Waals surface area contributed by atoms with Gasteiger partial charge in [0, 0.05) is 44.4 Å². The Labute approximate surface area is 142 Å². The highest BCUT2D eigenvalue weighted by Gasteiger charge is 2.43. The quantitative estimate of drug-likeness (QED) is 0.855. The summed E-state index contributed by atoms with van der Waals surface area (Å²) in [5.74, 6) is 0. The van der Waals surface area contributed by atoms with E-state index in [-0.39, 0.29) is 11.7 Å². The summed E-state index contributed by atoms with van der Waals surface area (Å²) in [4.78, 5) is 6.54. The smallest absolute Gasteiger partial charge is 0.105 e. The highest BCUT2D eigenvalue weighted by molar-refractivity contribution is 5.10. The van der Waals surface area contributed by atoms with E-state index < -0.39 is 0 Å². The molecule has 0 unspecified atom stereocenters. The molecule has 0 amide bonds. The normalized spacial score (nSPS) is 28.2. The van der Waals surface area contributed by atoms with Gasteiger partial charge in [-0.15, -0.1) is 0 Å². The maximum atomic E-state index is 6.47. The van der Waals surface area contributed by atoms with Crippen LogP contribution < -0.4 is 0 Å².